The zero-order chi connectivity index (χ0) is 16.1. The van der Waals surface area contributed by atoms with E-state index in [1.165, 1.54) is 6.42 Å². The van der Waals surface area contributed by atoms with E-state index >= 15 is 0 Å². The van der Waals surface area contributed by atoms with Crippen LogP contribution in [0.5, 0.6) is 0 Å². The lowest BCUT2D eigenvalue weighted by Crippen LogP contribution is -2.40. The van der Waals surface area contributed by atoms with Crippen LogP contribution in [-0.2, 0) is 11.2 Å². The van der Waals surface area contributed by atoms with Crippen LogP contribution >= 0.6 is 12.4 Å². The van der Waals surface area contributed by atoms with E-state index in [1.54, 1.807) is 13.8 Å². The molecule has 0 spiro atoms. The molecular formula is C16H27ClN4O2. The first-order chi connectivity index (χ1) is 10.5. The molecule has 1 fully saturated rings. The lowest BCUT2D eigenvalue weighted by atomic mass is 9.93. The van der Waals surface area contributed by atoms with Gasteiger partial charge >= 0.3 is 0 Å². The van der Waals surface area contributed by atoms with Crippen LogP contribution in [0.25, 0.3) is 0 Å². The minimum absolute atomic E-state index is 0. The number of hydrogen-bond donors (Lipinski definition) is 2. The third-order valence-corrected chi connectivity index (χ3v) is 4.44. The summed E-state index contributed by atoms with van der Waals surface area (Å²) in [5.41, 5.74) is 0.952. The van der Waals surface area contributed by atoms with Crippen molar-refractivity contribution in [1.82, 2.24) is 20.2 Å². The molecule has 23 heavy (non-hydrogen) atoms. The number of hydrogen-bond acceptors (Lipinski definition) is 4. The van der Waals surface area contributed by atoms with Gasteiger partial charge in [0.1, 0.15) is 5.82 Å². The van der Waals surface area contributed by atoms with Crippen LogP contribution < -0.4 is 10.9 Å². The zero-order valence-electron chi connectivity index (χ0n) is 14.1. The first-order valence-corrected chi connectivity index (χ1v) is 8.00. The summed E-state index contributed by atoms with van der Waals surface area (Å²) in [4.78, 5) is 33.2. The number of H-pyrrole nitrogens is 1. The second kappa shape index (κ2) is 9.03. The van der Waals surface area contributed by atoms with Crippen LogP contribution in [0.4, 0.5) is 0 Å². The molecule has 1 aliphatic rings. The average molecular weight is 343 g/mol. The molecule has 1 aromatic heterocycles. The van der Waals surface area contributed by atoms with Gasteiger partial charge in [0.15, 0.2) is 0 Å². The highest BCUT2D eigenvalue weighted by Crippen LogP contribution is 2.20. The van der Waals surface area contributed by atoms with E-state index in [9.17, 15) is 9.59 Å². The number of halogens is 1. The third kappa shape index (κ3) is 5.32. The monoisotopic (exact) mass is 342 g/mol. The summed E-state index contributed by atoms with van der Waals surface area (Å²) < 4.78 is 0. The molecule has 0 radical (unpaired) electrons. The summed E-state index contributed by atoms with van der Waals surface area (Å²) >= 11 is 0. The van der Waals surface area contributed by atoms with Gasteiger partial charge in [0.2, 0.25) is 5.91 Å². The Morgan fingerprint density at radius 2 is 2.00 bits per heavy atom. The second-order valence-corrected chi connectivity index (χ2v) is 6.11. The molecule has 1 amide bonds. The van der Waals surface area contributed by atoms with Gasteiger partial charge in [0, 0.05) is 24.3 Å². The molecule has 0 bridgehead atoms. The van der Waals surface area contributed by atoms with Crippen molar-refractivity contribution in [2.75, 3.05) is 26.7 Å². The highest BCUT2D eigenvalue weighted by atomic mass is 35.5. The van der Waals surface area contributed by atoms with E-state index in [1.807, 2.05) is 11.9 Å². The summed E-state index contributed by atoms with van der Waals surface area (Å²) in [6, 6.07) is 0. The van der Waals surface area contributed by atoms with Gasteiger partial charge in [-0.3, -0.25) is 9.59 Å². The molecule has 2 rings (SSSR count). The minimum Gasteiger partial charge on any atom is -0.342 e. The number of nitrogens with one attached hydrogen (secondary N) is 2. The molecule has 130 valence electrons. The number of aromatic amines is 1. The summed E-state index contributed by atoms with van der Waals surface area (Å²) in [7, 11) is 1.97. The fraction of sp³-hybridized carbons (Fsp3) is 0.688. The van der Waals surface area contributed by atoms with Gasteiger partial charge in [0.25, 0.3) is 5.56 Å². The number of carbonyl (C=O) groups is 1. The maximum absolute atomic E-state index is 12.4. The summed E-state index contributed by atoms with van der Waals surface area (Å²) in [5, 5.41) is 3.17. The van der Waals surface area contributed by atoms with Gasteiger partial charge in [0.05, 0.1) is 6.42 Å². The maximum atomic E-state index is 12.4. The first-order valence-electron chi connectivity index (χ1n) is 8.00. The molecule has 1 saturated heterocycles. The number of aryl methyl sites for hydroxylation is 2. The predicted octanol–water partition coefficient (Wildman–Crippen LogP) is 1.20. The zero-order valence-corrected chi connectivity index (χ0v) is 15.0. The first kappa shape index (κ1) is 19.6. The van der Waals surface area contributed by atoms with Crippen molar-refractivity contribution >= 4 is 18.3 Å². The normalized spacial score (nSPS) is 15.3. The molecule has 1 aromatic rings. The third-order valence-electron chi connectivity index (χ3n) is 4.44. The minimum atomic E-state index is -0.192. The van der Waals surface area contributed by atoms with Gasteiger partial charge in [-0.25, -0.2) is 4.98 Å². The van der Waals surface area contributed by atoms with Crippen molar-refractivity contribution in [1.29, 1.82) is 0 Å². The lowest BCUT2D eigenvalue weighted by Gasteiger charge is -2.32. The highest BCUT2D eigenvalue weighted by Gasteiger charge is 2.23. The summed E-state index contributed by atoms with van der Waals surface area (Å²) in [6.07, 6.45) is 3.42. The van der Waals surface area contributed by atoms with Crippen molar-refractivity contribution in [3.05, 3.63) is 27.4 Å². The second-order valence-electron chi connectivity index (χ2n) is 6.11. The summed E-state index contributed by atoms with van der Waals surface area (Å²) in [6.45, 7) is 6.15. The Hall–Kier alpha value is -1.40. The van der Waals surface area contributed by atoms with E-state index in [0.717, 1.165) is 32.5 Å². The number of likely N-dealkylation sites (tertiary alicyclic amines) is 1. The molecule has 2 heterocycles. The van der Waals surface area contributed by atoms with Crippen molar-refractivity contribution in [3.63, 3.8) is 0 Å². The number of aromatic nitrogens is 2. The van der Waals surface area contributed by atoms with E-state index in [-0.39, 0.29) is 30.3 Å². The topological polar surface area (TPSA) is 78.1 Å². The molecule has 2 N–H and O–H groups in total. The van der Waals surface area contributed by atoms with Crippen LogP contribution in [0.3, 0.4) is 0 Å². The van der Waals surface area contributed by atoms with Crippen molar-refractivity contribution in [2.45, 2.75) is 39.5 Å². The van der Waals surface area contributed by atoms with Crippen molar-refractivity contribution < 1.29 is 4.79 Å². The molecule has 0 aromatic carbocycles. The van der Waals surface area contributed by atoms with Crippen LogP contribution in [0, 0.1) is 19.8 Å². The fourth-order valence-corrected chi connectivity index (χ4v) is 3.04. The Bertz CT molecular complexity index is 580. The standard InChI is InChI=1S/C16H26N4O2.ClH/c1-11-14(16(22)19-12(2)18-11)10-15(21)20-8-5-13(6-9-20)4-7-17-3;/h13,17H,4-10H2,1-3H3,(H,18,19,22);1H. The van der Waals surface area contributed by atoms with Crippen molar-refractivity contribution in [3.8, 4) is 0 Å². The Morgan fingerprint density at radius 1 is 1.35 bits per heavy atom. The van der Waals surface area contributed by atoms with E-state index in [4.69, 9.17) is 0 Å². The van der Waals surface area contributed by atoms with Gasteiger partial charge in [-0.2, -0.15) is 0 Å². The molecule has 1 aliphatic heterocycles. The van der Waals surface area contributed by atoms with Gasteiger partial charge in [-0.15, -0.1) is 12.4 Å². The predicted molar refractivity (Wildman–Crippen MR) is 93.1 cm³/mol. The smallest absolute Gasteiger partial charge is 0.254 e. The Labute approximate surface area is 143 Å². The summed E-state index contributed by atoms with van der Waals surface area (Å²) in [5.74, 6) is 1.32. The van der Waals surface area contributed by atoms with Crippen LogP contribution in [0.2, 0.25) is 0 Å². The Kier molecular flexibility index (Phi) is 7.72. The highest BCUT2D eigenvalue weighted by molar-refractivity contribution is 5.85. The number of nitrogens with zero attached hydrogens (tertiary/aromatic N) is 2. The van der Waals surface area contributed by atoms with Crippen LogP contribution in [0.1, 0.15) is 36.3 Å². The molecule has 0 saturated carbocycles. The Balaban J connectivity index is 0.00000264. The largest absolute Gasteiger partial charge is 0.342 e. The SMILES string of the molecule is CNCCC1CCN(C(=O)Cc2c(C)nc(C)[nH]c2=O)CC1.Cl. The molecule has 6 nitrogen and oxygen atoms in total. The molecule has 0 aliphatic carbocycles. The molecule has 0 unspecified atom stereocenters. The van der Waals surface area contributed by atoms with Crippen LogP contribution in [-0.4, -0.2) is 47.5 Å². The number of amides is 1. The van der Waals surface area contributed by atoms with Crippen molar-refractivity contribution in [2.24, 2.45) is 5.92 Å². The fourth-order valence-electron chi connectivity index (χ4n) is 3.04. The molecular weight excluding hydrogens is 316 g/mol. The number of carbonyl (C=O) groups excluding carboxylic acids is 1. The van der Waals surface area contributed by atoms with E-state index in [0.29, 0.717) is 23.0 Å². The number of piperidine rings is 1. The quantitative estimate of drug-likeness (QED) is 0.842. The lowest BCUT2D eigenvalue weighted by molar-refractivity contribution is -0.131. The average Bonchev–Trinajstić information content (AvgIpc) is 2.49. The van der Waals surface area contributed by atoms with Gasteiger partial charge < -0.3 is 15.2 Å². The molecule has 7 heteroatoms. The number of rotatable bonds is 5. The molecule has 0 atom stereocenters. The van der Waals surface area contributed by atoms with Gasteiger partial charge in [-0.1, -0.05) is 0 Å². The maximum Gasteiger partial charge on any atom is 0.254 e. The Morgan fingerprint density at radius 3 is 2.57 bits per heavy atom. The van der Waals surface area contributed by atoms with Gasteiger partial charge in [-0.05, 0) is 52.6 Å². The van der Waals surface area contributed by atoms with E-state index < -0.39 is 0 Å². The van der Waals surface area contributed by atoms with E-state index in [2.05, 4.69) is 15.3 Å². The van der Waals surface area contributed by atoms with Crippen LogP contribution in [0.15, 0.2) is 4.79 Å².